The normalized spacial score (nSPS) is 11.5. The molecule has 166 valence electrons. The summed E-state index contributed by atoms with van der Waals surface area (Å²) < 4.78 is 13.1. The zero-order valence-electron chi connectivity index (χ0n) is 17.6. The molecule has 1 unspecified atom stereocenters. The van der Waals surface area contributed by atoms with Crippen LogP contribution in [0.3, 0.4) is 0 Å². The van der Waals surface area contributed by atoms with Crippen molar-refractivity contribution in [2.24, 2.45) is 0 Å². The Hall–Kier alpha value is -3.91. The Morgan fingerprint density at radius 2 is 1.52 bits per heavy atom. The van der Waals surface area contributed by atoms with Gasteiger partial charge in [-0.3, -0.25) is 14.9 Å². The van der Waals surface area contributed by atoms with Crippen LogP contribution in [0.25, 0.3) is 10.6 Å². The molecular weight excluding hydrogens is 439 g/mol. The molecule has 4 aromatic rings. The molecule has 0 aliphatic carbocycles. The highest BCUT2D eigenvalue weighted by molar-refractivity contribution is 7.18. The number of benzene rings is 3. The second kappa shape index (κ2) is 10.6. The Morgan fingerprint density at radius 1 is 0.848 bits per heavy atom. The molecule has 0 bridgehead atoms. The van der Waals surface area contributed by atoms with Crippen LogP contribution in [0.4, 0.5) is 9.52 Å². The molecule has 1 atom stereocenters. The Balaban J connectivity index is 1.46. The molecule has 33 heavy (non-hydrogen) atoms. The van der Waals surface area contributed by atoms with Gasteiger partial charge in [-0.1, -0.05) is 84.1 Å². The lowest BCUT2D eigenvalue weighted by Crippen LogP contribution is -2.45. The first-order valence-electron chi connectivity index (χ1n) is 10.3. The number of rotatable bonds is 8. The molecule has 0 radical (unpaired) electrons. The Morgan fingerprint density at radius 3 is 2.21 bits per heavy atom. The van der Waals surface area contributed by atoms with Crippen LogP contribution in [-0.2, 0) is 22.4 Å². The molecular formula is C25H21FN4O2S. The highest BCUT2D eigenvalue weighted by atomic mass is 32.1. The molecule has 0 aliphatic heterocycles. The molecule has 0 aliphatic rings. The van der Waals surface area contributed by atoms with E-state index >= 15 is 0 Å². The number of hydrogen-bond donors (Lipinski definition) is 2. The minimum atomic E-state index is -0.815. The fourth-order valence-electron chi connectivity index (χ4n) is 3.26. The predicted octanol–water partition coefficient (Wildman–Crippen LogP) is 4.25. The average Bonchev–Trinajstić information content (AvgIpc) is 3.30. The van der Waals surface area contributed by atoms with Gasteiger partial charge in [-0.15, -0.1) is 10.2 Å². The third-order valence-corrected chi connectivity index (χ3v) is 5.78. The number of halogens is 1. The van der Waals surface area contributed by atoms with E-state index in [9.17, 15) is 14.0 Å². The largest absolute Gasteiger partial charge is 0.344 e. The predicted molar refractivity (Wildman–Crippen MR) is 126 cm³/mol. The molecule has 0 spiro atoms. The highest BCUT2D eigenvalue weighted by Crippen LogP contribution is 2.26. The summed E-state index contributed by atoms with van der Waals surface area (Å²) in [6.45, 7) is 0. The molecule has 4 rings (SSSR count). The molecule has 3 aromatic carbocycles. The quantitative estimate of drug-likeness (QED) is 0.412. The molecule has 2 amide bonds. The van der Waals surface area contributed by atoms with Crippen molar-refractivity contribution < 1.29 is 14.0 Å². The van der Waals surface area contributed by atoms with E-state index in [4.69, 9.17) is 0 Å². The third-order valence-electron chi connectivity index (χ3n) is 4.89. The summed E-state index contributed by atoms with van der Waals surface area (Å²) in [7, 11) is 0. The van der Waals surface area contributed by atoms with Crippen LogP contribution in [0.5, 0.6) is 0 Å². The minimum absolute atomic E-state index is 0.0375. The van der Waals surface area contributed by atoms with Gasteiger partial charge in [0, 0.05) is 12.0 Å². The van der Waals surface area contributed by atoms with E-state index in [-0.39, 0.29) is 24.1 Å². The maximum absolute atomic E-state index is 13.1. The number of aromatic nitrogens is 2. The molecule has 0 saturated carbocycles. The van der Waals surface area contributed by atoms with Crippen molar-refractivity contribution in [1.29, 1.82) is 0 Å². The first kappa shape index (κ1) is 22.3. The van der Waals surface area contributed by atoms with E-state index in [1.165, 1.54) is 23.5 Å². The van der Waals surface area contributed by atoms with Crippen molar-refractivity contribution in [3.8, 4) is 10.6 Å². The minimum Gasteiger partial charge on any atom is -0.344 e. The number of nitrogens with zero attached hydrogens (tertiary/aromatic N) is 2. The van der Waals surface area contributed by atoms with Gasteiger partial charge in [0.2, 0.25) is 16.9 Å². The maximum atomic E-state index is 13.1. The maximum Gasteiger partial charge on any atom is 0.249 e. The van der Waals surface area contributed by atoms with E-state index in [1.54, 1.807) is 12.1 Å². The summed E-state index contributed by atoms with van der Waals surface area (Å²) in [5.41, 5.74) is 2.47. The van der Waals surface area contributed by atoms with E-state index in [2.05, 4.69) is 20.8 Å². The molecule has 1 aromatic heterocycles. The fraction of sp³-hybridized carbons (Fsp3) is 0.120. The Kier molecular flexibility index (Phi) is 7.16. The van der Waals surface area contributed by atoms with Crippen LogP contribution in [0, 0.1) is 5.82 Å². The second-order valence-electron chi connectivity index (χ2n) is 7.38. The van der Waals surface area contributed by atoms with E-state index < -0.39 is 6.04 Å². The number of anilines is 1. The molecule has 8 heteroatoms. The molecule has 0 fully saturated rings. The van der Waals surface area contributed by atoms with Crippen molar-refractivity contribution in [3.63, 3.8) is 0 Å². The van der Waals surface area contributed by atoms with Crippen molar-refractivity contribution in [2.75, 3.05) is 5.32 Å². The van der Waals surface area contributed by atoms with Gasteiger partial charge in [-0.05, 0) is 23.3 Å². The van der Waals surface area contributed by atoms with Crippen LogP contribution in [0.15, 0.2) is 84.9 Å². The number of nitrogens with one attached hydrogen (secondary N) is 2. The summed E-state index contributed by atoms with van der Waals surface area (Å²) in [6.07, 6.45) is 0.349. The van der Waals surface area contributed by atoms with E-state index in [1.807, 2.05) is 60.7 Å². The van der Waals surface area contributed by atoms with Crippen LogP contribution >= 0.6 is 11.3 Å². The van der Waals surface area contributed by atoms with Crippen LogP contribution in [0.1, 0.15) is 11.1 Å². The van der Waals surface area contributed by atoms with Gasteiger partial charge in [0.25, 0.3) is 0 Å². The zero-order chi connectivity index (χ0) is 23.0. The van der Waals surface area contributed by atoms with E-state index in [0.717, 1.165) is 11.1 Å². The highest BCUT2D eigenvalue weighted by Gasteiger charge is 2.23. The first-order valence-corrected chi connectivity index (χ1v) is 11.2. The van der Waals surface area contributed by atoms with E-state index in [0.29, 0.717) is 22.1 Å². The summed E-state index contributed by atoms with van der Waals surface area (Å²) in [4.78, 5) is 25.7. The topological polar surface area (TPSA) is 84.0 Å². The lowest BCUT2D eigenvalue weighted by atomic mass is 10.0. The standard InChI is InChI=1S/C25H21FN4O2S/c26-20-13-11-18(12-14-20)16-22(31)27-21(15-17-7-3-1-4-8-17)23(32)28-25-30-29-24(33-25)19-9-5-2-6-10-19/h1-14,21H,15-16H2,(H,27,31)(H,28,30,32). The van der Waals surface area contributed by atoms with Crippen molar-refractivity contribution in [3.05, 3.63) is 102 Å². The van der Waals surface area contributed by atoms with Crippen LogP contribution < -0.4 is 10.6 Å². The van der Waals surface area contributed by atoms with Gasteiger partial charge < -0.3 is 5.32 Å². The molecule has 6 nitrogen and oxygen atoms in total. The number of carbonyl (C=O) groups excluding carboxylic acids is 2. The Labute approximate surface area is 194 Å². The second-order valence-corrected chi connectivity index (χ2v) is 8.36. The average molecular weight is 461 g/mol. The molecule has 2 N–H and O–H groups in total. The van der Waals surface area contributed by atoms with Crippen LogP contribution in [0.2, 0.25) is 0 Å². The van der Waals surface area contributed by atoms with Gasteiger partial charge in [0.15, 0.2) is 0 Å². The monoisotopic (exact) mass is 460 g/mol. The summed E-state index contributed by atoms with van der Waals surface area (Å²) in [5.74, 6) is -1.09. The first-order chi connectivity index (χ1) is 16.1. The molecule has 1 heterocycles. The van der Waals surface area contributed by atoms with Crippen molar-refractivity contribution >= 4 is 28.3 Å². The SMILES string of the molecule is O=C(Cc1ccc(F)cc1)NC(Cc1ccccc1)C(=O)Nc1nnc(-c2ccccc2)s1. The summed E-state index contributed by atoms with van der Waals surface area (Å²) in [6, 6.07) is 23.9. The molecule has 0 saturated heterocycles. The van der Waals surface area contributed by atoms with Gasteiger partial charge in [0.1, 0.15) is 16.9 Å². The number of hydrogen-bond acceptors (Lipinski definition) is 5. The fourth-order valence-corrected chi connectivity index (χ4v) is 4.01. The Bertz CT molecular complexity index is 1210. The number of amides is 2. The van der Waals surface area contributed by atoms with Gasteiger partial charge in [-0.25, -0.2) is 4.39 Å². The van der Waals surface area contributed by atoms with Gasteiger partial charge in [0.05, 0.1) is 6.42 Å². The van der Waals surface area contributed by atoms with Crippen molar-refractivity contribution in [1.82, 2.24) is 15.5 Å². The van der Waals surface area contributed by atoms with Crippen LogP contribution in [-0.4, -0.2) is 28.1 Å². The third kappa shape index (κ3) is 6.30. The van der Waals surface area contributed by atoms with Crippen molar-refractivity contribution in [2.45, 2.75) is 18.9 Å². The van der Waals surface area contributed by atoms with Gasteiger partial charge in [-0.2, -0.15) is 0 Å². The summed E-state index contributed by atoms with van der Waals surface area (Å²) in [5, 5.41) is 14.8. The zero-order valence-corrected chi connectivity index (χ0v) is 18.4. The summed E-state index contributed by atoms with van der Waals surface area (Å²) >= 11 is 1.26. The number of carbonyl (C=O) groups is 2. The lowest BCUT2D eigenvalue weighted by Gasteiger charge is -2.18. The van der Waals surface area contributed by atoms with Gasteiger partial charge >= 0.3 is 0 Å². The lowest BCUT2D eigenvalue weighted by molar-refractivity contribution is -0.126. The smallest absolute Gasteiger partial charge is 0.249 e.